The predicted octanol–water partition coefficient (Wildman–Crippen LogP) is 1.99. The van der Waals surface area contributed by atoms with E-state index in [1.807, 2.05) is 18.9 Å². The first-order chi connectivity index (χ1) is 8.56. The summed E-state index contributed by atoms with van der Waals surface area (Å²) in [5.41, 5.74) is 0.0969. The van der Waals surface area contributed by atoms with Crippen molar-refractivity contribution in [3.05, 3.63) is 35.1 Å². The average Bonchev–Trinajstić information content (AvgIpc) is 2.32. The maximum atomic E-state index is 13.8. The molecule has 0 spiro atoms. The smallest absolute Gasteiger partial charge is 0.338 e. The second-order valence-corrected chi connectivity index (χ2v) is 4.02. The Morgan fingerprint density at radius 2 is 2.22 bits per heavy atom. The SMILES string of the molecule is CCOCCN(C)Cc1cccc(C(=O)O)c1F. The third-order valence-electron chi connectivity index (χ3n) is 2.57. The summed E-state index contributed by atoms with van der Waals surface area (Å²) >= 11 is 0. The number of hydrogen-bond donors (Lipinski definition) is 1. The molecule has 1 rings (SSSR count). The molecule has 1 aromatic rings. The van der Waals surface area contributed by atoms with Crippen LogP contribution in [-0.4, -0.2) is 42.8 Å². The molecule has 4 nitrogen and oxygen atoms in total. The summed E-state index contributed by atoms with van der Waals surface area (Å²) in [5, 5.41) is 8.82. The molecule has 0 heterocycles. The molecule has 0 amide bonds. The lowest BCUT2D eigenvalue weighted by Crippen LogP contribution is -2.23. The third kappa shape index (κ3) is 4.09. The minimum Gasteiger partial charge on any atom is -0.478 e. The first kappa shape index (κ1) is 14.6. The van der Waals surface area contributed by atoms with Crippen LogP contribution in [0.2, 0.25) is 0 Å². The van der Waals surface area contributed by atoms with Crippen molar-refractivity contribution in [2.45, 2.75) is 13.5 Å². The van der Waals surface area contributed by atoms with Crippen LogP contribution in [0.3, 0.4) is 0 Å². The Kier molecular flexibility index (Phi) is 5.74. The van der Waals surface area contributed by atoms with Crippen LogP contribution in [0.4, 0.5) is 4.39 Å². The van der Waals surface area contributed by atoms with Gasteiger partial charge in [-0.15, -0.1) is 0 Å². The molecule has 0 unspecified atom stereocenters. The van der Waals surface area contributed by atoms with E-state index in [-0.39, 0.29) is 5.56 Å². The van der Waals surface area contributed by atoms with Gasteiger partial charge in [-0.25, -0.2) is 9.18 Å². The molecule has 0 aliphatic heterocycles. The van der Waals surface area contributed by atoms with E-state index in [1.54, 1.807) is 12.1 Å². The van der Waals surface area contributed by atoms with E-state index in [2.05, 4.69) is 0 Å². The van der Waals surface area contributed by atoms with Gasteiger partial charge >= 0.3 is 5.97 Å². The molecule has 0 aliphatic rings. The number of carbonyl (C=O) groups is 1. The van der Waals surface area contributed by atoms with Crippen LogP contribution < -0.4 is 0 Å². The standard InChI is InChI=1S/C13H18FNO3/c1-3-18-8-7-15(2)9-10-5-4-6-11(12(10)14)13(16)17/h4-6H,3,7-9H2,1-2H3,(H,16,17). The molecule has 0 aliphatic carbocycles. The topological polar surface area (TPSA) is 49.8 Å². The predicted molar refractivity (Wildman–Crippen MR) is 66.2 cm³/mol. The van der Waals surface area contributed by atoms with Crippen molar-refractivity contribution in [2.24, 2.45) is 0 Å². The summed E-state index contributed by atoms with van der Waals surface area (Å²) in [7, 11) is 1.84. The van der Waals surface area contributed by atoms with Gasteiger partial charge in [0.25, 0.3) is 0 Å². The second-order valence-electron chi connectivity index (χ2n) is 4.02. The Bertz CT molecular complexity index is 409. The molecule has 18 heavy (non-hydrogen) atoms. The lowest BCUT2D eigenvalue weighted by molar-refractivity contribution is 0.0691. The van der Waals surface area contributed by atoms with Gasteiger partial charge in [-0.3, -0.25) is 4.90 Å². The fourth-order valence-electron chi connectivity index (χ4n) is 1.60. The molecule has 0 fully saturated rings. The highest BCUT2D eigenvalue weighted by Crippen LogP contribution is 2.14. The third-order valence-corrected chi connectivity index (χ3v) is 2.57. The van der Waals surface area contributed by atoms with E-state index >= 15 is 0 Å². The summed E-state index contributed by atoms with van der Waals surface area (Å²) in [6.07, 6.45) is 0. The number of aromatic carboxylic acids is 1. The average molecular weight is 255 g/mol. The van der Waals surface area contributed by atoms with Gasteiger partial charge in [0, 0.05) is 25.3 Å². The van der Waals surface area contributed by atoms with Gasteiger partial charge in [-0.2, -0.15) is 0 Å². The van der Waals surface area contributed by atoms with Gasteiger partial charge in [0.2, 0.25) is 0 Å². The van der Waals surface area contributed by atoms with Crippen LogP contribution in [0.15, 0.2) is 18.2 Å². The number of rotatable bonds is 7. The molecule has 0 bridgehead atoms. The van der Waals surface area contributed by atoms with Gasteiger partial charge < -0.3 is 9.84 Å². The van der Waals surface area contributed by atoms with Crippen molar-refractivity contribution in [3.8, 4) is 0 Å². The van der Waals surface area contributed by atoms with Gasteiger partial charge in [0.15, 0.2) is 0 Å². The Balaban J connectivity index is 2.67. The fourth-order valence-corrected chi connectivity index (χ4v) is 1.60. The normalized spacial score (nSPS) is 10.9. The molecule has 0 saturated carbocycles. The number of hydrogen-bond acceptors (Lipinski definition) is 3. The highest BCUT2D eigenvalue weighted by molar-refractivity contribution is 5.88. The van der Waals surface area contributed by atoms with E-state index in [0.717, 1.165) is 0 Å². The first-order valence-electron chi connectivity index (χ1n) is 5.83. The highest BCUT2D eigenvalue weighted by Gasteiger charge is 2.14. The quantitative estimate of drug-likeness (QED) is 0.757. The lowest BCUT2D eigenvalue weighted by Gasteiger charge is -2.17. The number of halogens is 1. The summed E-state index contributed by atoms with van der Waals surface area (Å²) < 4.78 is 19.0. The number of benzene rings is 1. The van der Waals surface area contributed by atoms with Crippen molar-refractivity contribution in [1.82, 2.24) is 4.90 Å². The molecule has 0 radical (unpaired) electrons. The zero-order chi connectivity index (χ0) is 13.5. The molecule has 100 valence electrons. The number of carboxylic acids is 1. The van der Waals surface area contributed by atoms with Gasteiger partial charge in [0.05, 0.1) is 12.2 Å². The molecule has 0 aromatic heterocycles. The number of nitrogens with zero attached hydrogens (tertiary/aromatic N) is 1. The summed E-state index contributed by atoms with van der Waals surface area (Å²) in [5.74, 6) is -1.90. The Labute approximate surface area is 106 Å². The van der Waals surface area contributed by atoms with Crippen molar-refractivity contribution >= 4 is 5.97 Å². The van der Waals surface area contributed by atoms with Crippen LogP contribution in [0, 0.1) is 5.82 Å². The van der Waals surface area contributed by atoms with Crippen molar-refractivity contribution in [1.29, 1.82) is 0 Å². The number of carboxylic acid groups (broad SMARTS) is 1. The largest absolute Gasteiger partial charge is 0.478 e. The minimum absolute atomic E-state index is 0.286. The summed E-state index contributed by atoms with van der Waals surface area (Å²) in [6.45, 7) is 4.17. The summed E-state index contributed by atoms with van der Waals surface area (Å²) in [6, 6.07) is 4.42. The molecule has 1 aromatic carbocycles. The summed E-state index contributed by atoms with van der Waals surface area (Å²) in [4.78, 5) is 12.7. The maximum Gasteiger partial charge on any atom is 0.338 e. The monoisotopic (exact) mass is 255 g/mol. The zero-order valence-corrected chi connectivity index (χ0v) is 10.6. The number of ether oxygens (including phenoxy) is 1. The first-order valence-corrected chi connectivity index (χ1v) is 5.83. The van der Waals surface area contributed by atoms with E-state index in [1.165, 1.54) is 6.07 Å². The molecule has 0 atom stereocenters. The van der Waals surface area contributed by atoms with Crippen molar-refractivity contribution < 1.29 is 19.0 Å². The fraction of sp³-hybridized carbons (Fsp3) is 0.462. The van der Waals surface area contributed by atoms with Gasteiger partial charge in [0.1, 0.15) is 5.82 Å². The minimum atomic E-state index is -1.24. The van der Waals surface area contributed by atoms with E-state index in [9.17, 15) is 9.18 Å². The second kappa shape index (κ2) is 7.08. The Hall–Kier alpha value is -1.46. The molecular weight excluding hydrogens is 237 g/mol. The molecular formula is C13H18FNO3. The zero-order valence-electron chi connectivity index (χ0n) is 10.6. The van der Waals surface area contributed by atoms with Gasteiger partial charge in [-0.1, -0.05) is 12.1 Å². The van der Waals surface area contributed by atoms with E-state index in [4.69, 9.17) is 9.84 Å². The van der Waals surface area contributed by atoms with Crippen LogP contribution in [0.25, 0.3) is 0 Å². The van der Waals surface area contributed by atoms with Crippen LogP contribution >= 0.6 is 0 Å². The molecule has 5 heteroatoms. The van der Waals surface area contributed by atoms with Crippen LogP contribution in [0.1, 0.15) is 22.8 Å². The van der Waals surface area contributed by atoms with Crippen molar-refractivity contribution in [2.75, 3.05) is 26.8 Å². The van der Waals surface area contributed by atoms with E-state index in [0.29, 0.717) is 31.9 Å². The molecule has 0 saturated heterocycles. The maximum absolute atomic E-state index is 13.8. The highest BCUT2D eigenvalue weighted by atomic mass is 19.1. The van der Waals surface area contributed by atoms with E-state index < -0.39 is 11.8 Å². The van der Waals surface area contributed by atoms with Crippen LogP contribution in [0.5, 0.6) is 0 Å². The Morgan fingerprint density at radius 3 is 2.83 bits per heavy atom. The van der Waals surface area contributed by atoms with Crippen LogP contribution in [-0.2, 0) is 11.3 Å². The molecule has 1 N–H and O–H groups in total. The number of likely N-dealkylation sites (N-methyl/N-ethyl adjacent to an activating group) is 1. The van der Waals surface area contributed by atoms with Gasteiger partial charge in [-0.05, 0) is 20.0 Å². The lowest BCUT2D eigenvalue weighted by atomic mass is 10.1. The Morgan fingerprint density at radius 1 is 1.50 bits per heavy atom. The van der Waals surface area contributed by atoms with Crippen molar-refractivity contribution in [3.63, 3.8) is 0 Å².